The predicted octanol–water partition coefficient (Wildman–Crippen LogP) is 4.46. The van der Waals surface area contributed by atoms with Crippen LogP contribution in [0, 0.1) is 5.92 Å². The van der Waals surface area contributed by atoms with Crippen molar-refractivity contribution in [3.05, 3.63) is 42.5 Å². The fraction of sp³-hybridized carbons (Fsp3) is 0.471. The summed E-state index contributed by atoms with van der Waals surface area (Å²) in [7, 11) is 0. The van der Waals surface area contributed by atoms with Crippen molar-refractivity contribution >= 4 is 18.2 Å². The smallest absolute Gasteiger partial charge is 0.293 e. The SMILES string of the molecule is CC1(Sc2ccccc2)C=CC(C(C)(C)OC=O)CC1. The molecule has 0 N–H and O–H groups in total. The van der Waals surface area contributed by atoms with Crippen molar-refractivity contribution < 1.29 is 9.53 Å². The average Bonchev–Trinajstić information content (AvgIpc) is 2.40. The molecule has 0 bridgehead atoms. The maximum Gasteiger partial charge on any atom is 0.293 e. The second kappa shape index (κ2) is 6.04. The van der Waals surface area contributed by atoms with Crippen LogP contribution < -0.4 is 0 Å². The standard InChI is InChI=1S/C17H22O2S/c1-16(2,19-13-18)14-9-11-17(3,12-10-14)20-15-7-5-4-6-8-15/h4-9,11,13-14H,10,12H2,1-3H3. The van der Waals surface area contributed by atoms with Crippen LogP contribution in [0.25, 0.3) is 0 Å². The first-order chi connectivity index (χ1) is 9.45. The summed E-state index contributed by atoms with van der Waals surface area (Å²) in [6, 6.07) is 10.5. The fourth-order valence-electron chi connectivity index (χ4n) is 2.57. The maximum absolute atomic E-state index is 10.6. The van der Waals surface area contributed by atoms with Crippen LogP contribution in [0.4, 0.5) is 0 Å². The quantitative estimate of drug-likeness (QED) is 0.592. The summed E-state index contributed by atoms with van der Waals surface area (Å²) in [6.07, 6.45) is 6.60. The van der Waals surface area contributed by atoms with Gasteiger partial charge in [0, 0.05) is 15.6 Å². The number of ether oxygens (including phenoxy) is 1. The Bertz CT molecular complexity index is 481. The molecule has 0 saturated heterocycles. The van der Waals surface area contributed by atoms with Crippen molar-refractivity contribution in [3.63, 3.8) is 0 Å². The van der Waals surface area contributed by atoms with Gasteiger partial charge in [0.15, 0.2) is 0 Å². The van der Waals surface area contributed by atoms with E-state index >= 15 is 0 Å². The zero-order chi connectivity index (χ0) is 14.6. The van der Waals surface area contributed by atoms with Gasteiger partial charge in [-0.2, -0.15) is 0 Å². The molecule has 1 aromatic carbocycles. The van der Waals surface area contributed by atoms with Gasteiger partial charge >= 0.3 is 0 Å². The highest BCUT2D eigenvalue weighted by Gasteiger charge is 2.35. The molecule has 0 radical (unpaired) electrons. The minimum absolute atomic E-state index is 0.120. The van der Waals surface area contributed by atoms with Crippen LogP contribution >= 0.6 is 11.8 Å². The van der Waals surface area contributed by atoms with Gasteiger partial charge in [0.1, 0.15) is 5.60 Å². The number of rotatable bonds is 5. The lowest BCUT2D eigenvalue weighted by atomic mass is 9.80. The Balaban J connectivity index is 2.05. The monoisotopic (exact) mass is 290 g/mol. The van der Waals surface area contributed by atoms with Gasteiger partial charge in [-0.25, -0.2) is 0 Å². The molecule has 0 saturated carbocycles. The molecule has 108 valence electrons. The number of carbonyl (C=O) groups excluding carboxylic acids is 1. The van der Waals surface area contributed by atoms with Crippen LogP contribution in [0.3, 0.4) is 0 Å². The zero-order valence-electron chi connectivity index (χ0n) is 12.3. The molecule has 0 aliphatic heterocycles. The Kier molecular flexibility index (Phi) is 4.59. The van der Waals surface area contributed by atoms with E-state index in [-0.39, 0.29) is 10.7 Å². The van der Waals surface area contributed by atoms with E-state index in [0.717, 1.165) is 12.8 Å². The molecule has 3 heteroatoms. The molecule has 0 spiro atoms. The lowest BCUT2D eigenvalue weighted by molar-refractivity contribution is -0.144. The summed E-state index contributed by atoms with van der Waals surface area (Å²) in [5, 5.41) is 0. The summed E-state index contributed by atoms with van der Waals surface area (Å²) < 4.78 is 5.34. The molecule has 2 rings (SSSR count). The highest BCUT2D eigenvalue weighted by molar-refractivity contribution is 8.00. The first-order valence-corrected chi connectivity index (χ1v) is 7.82. The molecule has 0 aromatic heterocycles. The third-order valence-electron chi connectivity index (χ3n) is 3.97. The minimum atomic E-state index is -0.420. The van der Waals surface area contributed by atoms with Gasteiger partial charge in [0.2, 0.25) is 0 Å². The molecule has 2 atom stereocenters. The van der Waals surface area contributed by atoms with E-state index in [1.165, 1.54) is 4.90 Å². The first-order valence-electron chi connectivity index (χ1n) is 7.00. The molecule has 0 fully saturated rings. The number of carbonyl (C=O) groups is 1. The zero-order valence-corrected chi connectivity index (χ0v) is 13.2. The highest BCUT2D eigenvalue weighted by atomic mass is 32.2. The van der Waals surface area contributed by atoms with E-state index in [4.69, 9.17) is 4.74 Å². The third-order valence-corrected chi connectivity index (χ3v) is 5.29. The fourth-order valence-corrected chi connectivity index (χ4v) is 3.77. The Morgan fingerprint density at radius 3 is 2.60 bits per heavy atom. The largest absolute Gasteiger partial charge is 0.461 e. The molecule has 1 aromatic rings. The van der Waals surface area contributed by atoms with Crippen LogP contribution in [-0.2, 0) is 9.53 Å². The van der Waals surface area contributed by atoms with Crippen molar-refractivity contribution in [2.45, 2.75) is 48.9 Å². The molecule has 20 heavy (non-hydrogen) atoms. The maximum atomic E-state index is 10.6. The van der Waals surface area contributed by atoms with Crippen molar-refractivity contribution in [2.75, 3.05) is 0 Å². The first kappa shape index (κ1) is 15.2. The van der Waals surface area contributed by atoms with E-state index in [2.05, 4.69) is 43.3 Å². The van der Waals surface area contributed by atoms with Crippen LogP contribution in [0.15, 0.2) is 47.4 Å². The van der Waals surface area contributed by atoms with Crippen LogP contribution in [0.5, 0.6) is 0 Å². The molecule has 2 unspecified atom stereocenters. The number of benzene rings is 1. The van der Waals surface area contributed by atoms with E-state index in [1.54, 1.807) is 0 Å². The molecule has 1 aliphatic carbocycles. The van der Waals surface area contributed by atoms with E-state index in [1.807, 2.05) is 31.7 Å². The summed E-state index contributed by atoms with van der Waals surface area (Å²) in [5.41, 5.74) is -0.420. The lowest BCUT2D eigenvalue weighted by Gasteiger charge is -2.37. The molecule has 0 heterocycles. The third kappa shape index (κ3) is 3.66. The van der Waals surface area contributed by atoms with Gasteiger partial charge < -0.3 is 4.74 Å². The van der Waals surface area contributed by atoms with Gasteiger partial charge in [-0.15, -0.1) is 11.8 Å². The van der Waals surface area contributed by atoms with Crippen molar-refractivity contribution in [3.8, 4) is 0 Å². The van der Waals surface area contributed by atoms with E-state index < -0.39 is 5.60 Å². The molecule has 2 nitrogen and oxygen atoms in total. The Morgan fingerprint density at radius 2 is 2.05 bits per heavy atom. The molecular formula is C17H22O2S. The van der Waals surface area contributed by atoms with Crippen LogP contribution in [0.1, 0.15) is 33.6 Å². The van der Waals surface area contributed by atoms with Crippen molar-refractivity contribution in [2.24, 2.45) is 5.92 Å². The topological polar surface area (TPSA) is 26.3 Å². The predicted molar refractivity (Wildman–Crippen MR) is 83.8 cm³/mol. The summed E-state index contributed by atoms with van der Waals surface area (Å²) in [6.45, 7) is 6.78. The summed E-state index contributed by atoms with van der Waals surface area (Å²) in [5.74, 6) is 0.289. The summed E-state index contributed by atoms with van der Waals surface area (Å²) in [4.78, 5) is 11.9. The normalized spacial score (nSPS) is 26.2. The Labute approximate surface area is 125 Å². The van der Waals surface area contributed by atoms with Gasteiger partial charge in [0.05, 0.1) is 0 Å². The molecule has 0 amide bonds. The molecule has 1 aliphatic rings. The van der Waals surface area contributed by atoms with Crippen LogP contribution in [0.2, 0.25) is 0 Å². The number of hydrogen-bond donors (Lipinski definition) is 0. The van der Waals surface area contributed by atoms with Gasteiger partial charge in [-0.3, -0.25) is 4.79 Å². The second-order valence-electron chi connectivity index (χ2n) is 6.05. The van der Waals surface area contributed by atoms with Gasteiger partial charge in [0.25, 0.3) is 6.47 Å². The van der Waals surface area contributed by atoms with Crippen molar-refractivity contribution in [1.29, 1.82) is 0 Å². The Hall–Kier alpha value is -1.22. The van der Waals surface area contributed by atoms with E-state index in [0.29, 0.717) is 6.47 Å². The number of thioether (sulfide) groups is 1. The Morgan fingerprint density at radius 1 is 1.35 bits per heavy atom. The average molecular weight is 290 g/mol. The van der Waals surface area contributed by atoms with Crippen molar-refractivity contribution in [1.82, 2.24) is 0 Å². The van der Waals surface area contributed by atoms with Gasteiger partial charge in [-0.1, -0.05) is 30.4 Å². The van der Waals surface area contributed by atoms with Crippen LogP contribution in [-0.4, -0.2) is 16.8 Å². The molecular weight excluding hydrogens is 268 g/mol. The summed E-state index contributed by atoms with van der Waals surface area (Å²) >= 11 is 1.90. The highest BCUT2D eigenvalue weighted by Crippen LogP contribution is 2.43. The number of hydrogen-bond acceptors (Lipinski definition) is 3. The minimum Gasteiger partial charge on any atom is -0.461 e. The second-order valence-corrected chi connectivity index (χ2v) is 7.66. The lowest BCUT2D eigenvalue weighted by Crippen LogP contribution is -2.37. The van der Waals surface area contributed by atoms with Gasteiger partial charge in [-0.05, 0) is 45.7 Å². The van der Waals surface area contributed by atoms with E-state index in [9.17, 15) is 4.79 Å².